The monoisotopic (exact) mass is 571 g/mol. The molecule has 0 radical (unpaired) electrons. The fourth-order valence-corrected chi connectivity index (χ4v) is 7.11. The predicted molar refractivity (Wildman–Crippen MR) is 194 cm³/mol. The molecule has 9 aromatic rings. The van der Waals surface area contributed by atoms with Gasteiger partial charge in [-0.3, -0.25) is 0 Å². The van der Waals surface area contributed by atoms with Crippen LogP contribution in [0.2, 0.25) is 0 Å². The van der Waals surface area contributed by atoms with Crippen LogP contribution in [-0.4, -0.2) is 0 Å². The van der Waals surface area contributed by atoms with Gasteiger partial charge in [0.1, 0.15) is 0 Å². The van der Waals surface area contributed by atoms with Gasteiger partial charge >= 0.3 is 0 Å². The molecule has 0 bridgehead atoms. The zero-order valence-electron chi connectivity index (χ0n) is 24.7. The van der Waals surface area contributed by atoms with E-state index < -0.39 is 0 Å². The van der Waals surface area contributed by atoms with Crippen LogP contribution in [0.15, 0.2) is 176 Å². The summed E-state index contributed by atoms with van der Waals surface area (Å²) < 4.78 is 0. The second kappa shape index (κ2) is 10.4. The highest BCUT2D eigenvalue weighted by Gasteiger charge is 2.21. The van der Waals surface area contributed by atoms with E-state index in [9.17, 15) is 0 Å². The first kappa shape index (κ1) is 25.6. The number of hydrogen-bond acceptors (Lipinski definition) is 1. The van der Waals surface area contributed by atoms with Crippen LogP contribution < -0.4 is 4.90 Å². The summed E-state index contributed by atoms with van der Waals surface area (Å²) in [5.41, 5.74) is 5.86. The summed E-state index contributed by atoms with van der Waals surface area (Å²) in [7, 11) is 0. The fourth-order valence-electron chi connectivity index (χ4n) is 7.11. The van der Waals surface area contributed by atoms with Gasteiger partial charge < -0.3 is 4.90 Å². The Morgan fingerprint density at radius 1 is 0.267 bits per heavy atom. The van der Waals surface area contributed by atoms with Crippen molar-refractivity contribution >= 4 is 70.9 Å². The number of benzene rings is 9. The van der Waals surface area contributed by atoms with Crippen LogP contribution >= 0.6 is 0 Å². The molecule has 1 heteroatoms. The summed E-state index contributed by atoms with van der Waals surface area (Å²) in [5.74, 6) is 0. The van der Waals surface area contributed by atoms with Crippen molar-refractivity contribution in [3.63, 3.8) is 0 Å². The van der Waals surface area contributed by atoms with E-state index in [0.29, 0.717) is 0 Å². The van der Waals surface area contributed by atoms with Crippen LogP contribution in [-0.2, 0) is 0 Å². The Morgan fingerprint density at radius 2 is 0.778 bits per heavy atom. The second-order valence-electron chi connectivity index (χ2n) is 11.7. The molecule has 0 aromatic heterocycles. The maximum Gasteiger partial charge on any atom is 0.0546 e. The first-order valence-corrected chi connectivity index (χ1v) is 15.5. The van der Waals surface area contributed by atoms with Gasteiger partial charge in [0.05, 0.1) is 11.4 Å². The number of fused-ring (bicyclic) bond motifs is 8. The largest absolute Gasteiger partial charge is 0.309 e. The van der Waals surface area contributed by atoms with Gasteiger partial charge in [-0.25, -0.2) is 0 Å². The standard InChI is InChI=1S/C44H29N/c1-2-13-30(14-3-1)32-17-12-18-34(27-32)45(43-28-33-16-5-7-20-36(33)37-21-8-10-23-40(37)43)44-29-42-35-19-6-4-15-31(35)25-26-39(42)38-22-9-11-24-41(38)44/h1-29H. The third kappa shape index (κ3) is 4.17. The maximum absolute atomic E-state index is 2.49. The molecule has 1 nitrogen and oxygen atoms in total. The zero-order valence-corrected chi connectivity index (χ0v) is 24.7. The van der Waals surface area contributed by atoms with Crippen LogP contribution in [0.3, 0.4) is 0 Å². The van der Waals surface area contributed by atoms with Gasteiger partial charge in [0.25, 0.3) is 0 Å². The van der Waals surface area contributed by atoms with Gasteiger partial charge in [0.2, 0.25) is 0 Å². The lowest BCUT2D eigenvalue weighted by Gasteiger charge is -2.30. The van der Waals surface area contributed by atoms with E-state index in [1.54, 1.807) is 0 Å². The van der Waals surface area contributed by atoms with E-state index in [1.165, 1.54) is 76.4 Å². The highest BCUT2D eigenvalue weighted by Crippen LogP contribution is 2.47. The summed E-state index contributed by atoms with van der Waals surface area (Å²) in [6, 6.07) is 64.1. The lowest BCUT2D eigenvalue weighted by molar-refractivity contribution is 1.32. The Bertz CT molecular complexity index is 2550. The zero-order chi connectivity index (χ0) is 29.7. The first-order valence-electron chi connectivity index (χ1n) is 15.5. The molecule has 0 amide bonds. The second-order valence-corrected chi connectivity index (χ2v) is 11.7. The van der Waals surface area contributed by atoms with Crippen molar-refractivity contribution < 1.29 is 0 Å². The van der Waals surface area contributed by atoms with Gasteiger partial charge in [-0.2, -0.15) is 0 Å². The summed E-state index contributed by atoms with van der Waals surface area (Å²) in [6.07, 6.45) is 0. The summed E-state index contributed by atoms with van der Waals surface area (Å²) >= 11 is 0. The lowest BCUT2D eigenvalue weighted by Crippen LogP contribution is -2.11. The van der Waals surface area contributed by atoms with Crippen molar-refractivity contribution in [3.8, 4) is 11.1 Å². The van der Waals surface area contributed by atoms with E-state index >= 15 is 0 Å². The average molecular weight is 572 g/mol. The molecule has 0 atom stereocenters. The summed E-state index contributed by atoms with van der Waals surface area (Å²) in [5, 5.41) is 12.5. The molecule has 0 saturated heterocycles. The van der Waals surface area contributed by atoms with Gasteiger partial charge in [-0.15, -0.1) is 0 Å². The van der Waals surface area contributed by atoms with Gasteiger partial charge in [0.15, 0.2) is 0 Å². The first-order chi connectivity index (χ1) is 22.3. The summed E-state index contributed by atoms with van der Waals surface area (Å²) in [4.78, 5) is 2.49. The number of rotatable bonds is 4. The third-order valence-corrected chi connectivity index (χ3v) is 9.18. The van der Waals surface area contributed by atoms with Crippen LogP contribution in [0, 0.1) is 0 Å². The highest BCUT2D eigenvalue weighted by atomic mass is 15.1. The van der Waals surface area contributed by atoms with Gasteiger partial charge in [0, 0.05) is 16.5 Å². The Morgan fingerprint density at radius 3 is 1.51 bits per heavy atom. The topological polar surface area (TPSA) is 3.24 Å². The van der Waals surface area contributed by atoms with E-state index in [1.807, 2.05) is 0 Å². The Labute approximate surface area is 262 Å². The van der Waals surface area contributed by atoms with Crippen molar-refractivity contribution in [2.45, 2.75) is 0 Å². The average Bonchev–Trinajstić information content (AvgIpc) is 3.12. The molecule has 0 aliphatic carbocycles. The highest BCUT2D eigenvalue weighted by molar-refractivity contribution is 6.23. The van der Waals surface area contributed by atoms with E-state index in [0.717, 1.165) is 5.69 Å². The smallest absolute Gasteiger partial charge is 0.0546 e. The molecule has 0 spiro atoms. The molecule has 0 saturated carbocycles. The van der Waals surface area contributed by atoms with Crippen molar-refractivity contribution in [2.24, 2.45) is 0 Å². The van der Waals surface area contributed by atoms with Crippen LogP contribution in [0.25, 0.3) is 65.0 Å². The molecule has 45 heavy (non-hydrogen) atoms. The molecular formula is C44H29N. The molecule has 210 valence electrons. The predicted octanol–water partition coefficient (Wildman–Crippen LogP) is 12.6. The van der Waals surface area contributed by atoms with Crippen LogP contribution in [0.4, 0.5) is 17.1 Å². The minimum Gasteiger partial charge on any atom is -0.309 e. The van der Waals surface area contributed by atoms with Crippen molar-refractivity contribution in [1.29, 1.82) is 0 Å². The minimum atomic E-state index is 1.13. The van der Waals surface area contributed by atoms with Gasteiger partial charge in [-0.05, 0) is 78.5 Å². The molecule has 9 aromatic carbocycles. The Kier molecular flexibility index (Phi) is 5.89. The lowest BCUT2D eigenvalue weighted by atomic mass is 9.94. The Balaban J connectivity index is 1.44. The number of nitrogens with zero attached hydrogens (tertiary/aromatic N) is 1. The van der Waals surface area contributed by atoms with E-state index in [4.69, 9.17) is 0 Å². The molecular weight excluding hydrogens is 542 g/mol. The molecule has 0 N–H and O–H groups in total. The van der Waals surface area contributed by atoms with E-state index in [-0.39, 0.29) is 0 Å². The SMILES string of the molecule is c1ccc(-c2cccc(N(c3cc4ccccc4c4ccccc34)c3cc4c5ccccc5ccc4c4ccccc34)c2)cc1. The quantitative estimate of drug-likeness (QED) is 0.190. The maximum atomic E-state index is 2.49. The molecule has 0 unspecified atom stereocenters. The van der Waals surface area contributed by atoms with Gasteiger partial charge in [-0.1, -0.05) is 152 Å². The molecule has 9 rings (SSSR count). The van der Waals surface area contributed by atoms with E-state index in [2.05, 4.69) is 181 Å². The minimum absolute atomic E-state index is 1.13. The number of anilines is 3. The van der Waals surface area contributed by atoms with Crippen molar-refractivity contribution in [2.75, 3.05) is 4.90 Å². The summed E-state index contributed by atoms with van der Waals surface area (Å²) in [6.45, 7) is 0. The fraction of sp³-hybridized carbons (Fsp3) is 0. The normalized spacial score (nSPS) is 11.6. The van der Waals surface area contributed by atoms with Crippen LogP contribution in [0.5, 0.6) is 0 Å². The Hall–Kier alpha value is -5.92. The van der Waals surface area contributed by atoms with Crippen molar-refractivity contribution in [1.82, 2.24) is 0 Å². The van der Waals surface area contributed by atoms with Crippen molar-refractivity contribution in [3.05, 3.63) is 176 Å². The molecule has 0 fully saturated rings. The molecule has 0 aliphatic heterocycles. The third-order valence-electron chi connectivity index (χ3n) is 9.18. The number of hydrogen-bond donors (Lipinski definition) is 0. The molecule has 0 aliphatic rings. The van der Waals surface area contributed by atoms with Crippen LogP contribution in [0.1, 0.15) is 0 Å². The molecule has 0 heterocycles.